The van der Waals surface area contributed by atoms with Crippen molar-refractivity contribution in [2.24, 2.45) is 0 Å². The van der Waals surface area contributed by atoms with Gasteiger partial charge in [0.1, 0.15) is 16.2 Å². The zero-order valence-corrected chi connectivity index (χ0v) is 15.7. The van der Waals surface area contributed by atoms with Crippen molar-refractivity contribution < 1.29 is 17.5 Å². The molecule has 0 saturated carbocycles. The van der Waals surface area contributed by atoms with E-state index in [9.17, 15) is 12.8 Å². The van der Waals surface area contributed by atoms with Crippen LogP contribution >= 0.6 is 0 Å². The molecular weight excluding hydrogens is 367 g/mol. The smallest absolute Gasteiger partial charge is 0.210 e. The number of morpholine rings is 1. The van der Waals surface area contributed by atoms with E-state index in [0.29, 0.717) is 37.4 Å². The zero-order chi connectivity index (χ0) is 19.0. The third-order valence-electron chi connectivity index (χ3n) is 4.73. The van der Waals surface area contributed by atoms with Gasteiger partial charge in [-0.1, -0.05) is 29.8 Å². The van der Waals surface area contributed by atoms with Crippen molar-refractivity contribution in [2.45, 2.75) is 16.7 Å². The Hall–Kier alpha value is -2.51. The summed E-state index contributed by atoms with van der Waals surface area (Å²) in [6.07, 6.45) is 1.27. The summed E-state index contributed by atoms with van der Waals surface area (Å²) in [5.41, 5.74) is 1.63. The molecule has 4 rings (SSSR count). The summed E-state index contributed by atoms with van der Waals surface area (Å²) in [4.78, 5) is 6.36. The molecule has 0 unspecified atom stereocenters. The second kappa shape index (κ2) is 6.90. The fourth-order valence-corrected chi connectivity index (χ4v) is 4.74. The lowest BCUT2D eigenvalue weighted by atomic mass is 10.1. The summed E-state index contributed by atoms with van der Waals surface area (Å²) in [6, 6.07) is 11.3. The molecule has 7 heteroatoms. The van der Waals surface area contributed by atoms with Crippen molar-refractivity contribution in [3.05, 3.63) is 60.0 Å². The fraction of sp³-hybridized carbons (Fsp3) is 0.250. The lowest BCUT2D eigenvalue weighted by molar-refractivity contribution is 0.122. The number of pyridine rings is 1. The molecule has 1 fully saturated rings. The topological polar surface area (TPSA) is 59.5 Å². The minimum Gasteiger partial charge on any atom is -0.378 e. The van der Waals surface area contributed by atoms with Gasteiger partial charge < -0.3 is 9.64 Å². The van der Waals surface area contributed by atoms with Crippen LogP contribution < -0.4 is 4.90 Å². The normalized spacial score (nSPS) is 15.3. The number of anilines is 1. The molecule has 1 aliphatic rings. The first-order chi connectivity index (χ1) is 13.0. The van der Waals surface area contributed by atoms with E-state index in [1.165, 1.54) is 12.3 Å². The van der Waals surface area contributed by atoms with Gasteiger partial charge in [0.2, 0.25) is 9.84 Å². The van der Waals surface area contributed by atoms with Gasteiger partial charge in [0.05, 0.1) is 23.8 Å². The number of hydrogen-bond acceptors (Lipinski definition) is 5. The maximum Gasteiger partial charge on any atom is 0.210 e. The summed E-state index contributed by atoms with van der Waals surface area (Å²) >= 11 is 0. The highest BCUT2D eigenvalue weighted by molar-refractivity contribution is 7.91. The first-order valence-corrected chi connectivity index (χ1v) is 10.2. The van der Waals surface area contributed by atoms with Crippen molar-refractivity contribution in [1.29, 1.82) is 0 Å². The van der Waals surface area contributed by atoms with Crippen LogP contribution in [0.3, 0.4) is 0 Å². The van der Waals surface area contributed by atoms with Gasteiger partial charge in [0, 0.05) is 24.7 Å². The van der Waals surface area contributed by atoms with Crippen LogP contribution in [0, 0.1) is 12.7 Å². The number of sulfone groups is 1. The van der Waals surface area contributed by atoms with Crippen LogP contribution in [0.2, 0.25) is 0 Å². The summed E-state index contributed by atoms with van der Waals surface area (Å²) in [7, 11) is -3.81. The van der Waals surface area contributed by atoms with Gasteiger partial charge in [-0.3, -0.25) is 4.98 Å². The van der Waals surface area contributed by atoms with Gasteiger partial charge in [-0.15, -0.1) is 0 Å². The summed E-state index contributed by atoms with van der Waals surface area (Å²) in [6.45, 7) is 3.94. The van der Waals surface area contributed by atoms with Crippen LogP contribution in [-0.2, 0) is 14.6 Å². The monoisotopic (exact) mass is 386 g/mol. The Morgan fingerprint density at radius 1 is 1.07 bits per heavy atom. The maximum atomic E-state index is 14.3. The number of rotatable bonds is 3. The van der Waals surface area contributed by atoms with Crippen LogP contribution in [0.25, 0.3) is 10.9 Å². The number of hydrogen-bond donors (Lipinski definition) is 0. The lowest BCUT2D eigenvalue weighted by Crippen LogP contribution is -2.37. The Labute approximate surface area is 157 Å². The molecule has 5 nitrogen and oxygen atoms in total. The molecule has 1 aliphatic heterocycles. The van der Waals surface area contributed by atoms with Crippen LogP contribution in [0.5, 0.6) is 0 Å². The Bertz CT molecular complexity index is 1090. The Balaban J connectivity index is 1.98. The van der Waals surface area contributed by atoms with Crippen molar-refractivity contribution in [3.8, 4) is 0 Å². The van der Waals surface area contributed by atoms with Crippen molar-refractivity contribution >= 4 is 26.4 Å². The van der Waals surface area contributed by atoms with E-state index in [0.717, 1.165) is 5.56 Å². The number of fused-ring (bicyclic) bond motifs is 1. The first kappa shape index (κ1) is 17.9. The minimum absolute atomic E-state index is 0.0892. The number of ether oxygens (including phenoxy) is 1. The summed E-state index contributed by atoms with van der Waals surface area (Å²) < 4.78 is 46.4. The Morgan fingerprint density at radius 3 is 2.48 bits per heavy atom. The van der Waals surface area contributed by atoms with Crippen molar-refractivity contribution in [1.82, 2.24) is 4.98 Å². The second-order valence-corrected chi connectivity index (χ2v) is 8.44. The molecule has 0 radical (unpaired) electrons. The molecule has 0 amide bonds. The molecular formula is C20H19FN2O3S. The molecule has 0 spiro atoms. The van der Waals surface area contributed by atoms with Gasteiger partial charge in [0.15, 0.2) is 0 Å². The molecule has 1 saturated heterocycles. The van der Waals surface area contributed by atoms with Crippen LogP contribution in [0.15, 0.2) is 58.5 Å². The van der Waals surface area contributed by atoms with E-state index in [2.05, 4.69) is 4.98 Å². The number of halogens is 1. The van der Waals surface area contributed by atoms with Gasteiger partial charge >= 0.3 is 0 Å². The molecule has 140 valence electrons. The number of benzene rings is 2. The highest BCUT2D eigenvalue weighted by atomic mass is 32.2. The standard InChI is InChI=1S/C20H19FN2O3S/c1-14-5-7-15(8-6-14)27(24,25)18-13-22-19-16(3-2-4-17(19)21)20(18)23-9-11-26-12-10-23/h2-8,13H,9-12H2,1H3. The molecule has 0 N–H and O–H groups in total. The quantitative estimate of drug-likeness (QED) is 0.691. The van der Waals surface area contributed by atoms with Crippen LogP contribution in [-0.4, -0.2) is 39.7 Å². The number of aryl methyl sites for hydroxylation is 1. The predicted molar refractivity (Wildman–Crippen MR) is 101 cm³/mol. The van der Waals surface area contributed by atoms with Crippen molar-refractivity contribution in [3.63, 3.8) is 0 Å². The average Bonchev–Trinajstić information content (AvgIpc) is 2.68. The second-order valence-electron chi connectivity index (χ2n) is 6.52. The molecule has 27 heavy (non-hydrogen) atoms. The van der Waals surface area contributed by atoms with Crippen LogP contribution in [0.1, 0.15) is 5.56 Å². The van der Waals surface area contributed by atoms with E-state index in [1.807, 2.05) is 11.8 Å². The highest BCUT2D eigenvalue weighted by Gasteiger charge is 2.28. The first-order valence-electron chi connectivity index (χ1n) is 8.70. The van der Waals surface area contributed by atoms with Gasteiger partial charge in [-0.2, -0.15) is 0 Å². The largest absolute Gasteiger partial charge is 0.378 e. The summed E-state index contributed by atoms with van der Waals surface area (Å²) in [5, 5.41) is 0.491. The van der Waals surface area contributed by atoms with E-state index in [-0.39, 0.29) is 15.3 Å². The molecule has 3 aromatic rings. The van der Waals surface area contributed by atoms with Gasteiger partial charge in [-0.25, -0.2) is 12.8 Å². The highest BCUT2D eigenvalue weighted by Crippen LogP contribution is 2.36. The Kier molecular flexibility index (Phi) is 4.57. The Morgan fingerprint density at radius 2 is 1.78 bits per heavy atom. The van der Waals surface area contributed by atoms with E-state index < -0.39 is 15.7 Å². The average molecular weight is 386 g/mol. The van der Waals surface area contributed by atoms with E-state index >= 15 is 0 Å². The van der Waals surface area contributed by atoms with Gasteiger partial charge in [-0.05, 0) is 25.1 Å². The van der Waals surface area contributed by atoms with Gasteiger partial charge in [0.25, 0.3) is 0 Å². The molecule has 2 aromatic carbocycles. The summed E-state index contributed by atoms with van der Waals surface area (Å²) in [5.74, 6) is -0.471. The zero-order valence-electron chi connectivity index (χ0n) is 14.9. The number of para-hydroxylation sites is 1. The van der Waals surface area contributed by atoms with E-state index in [4.69, 9.17) is 4.74 Å². The van der Waals surface area contributed by atoms with E-state index in [1.54, 1.807) is 36.4 Å². The molecule has 0 bridgehead atoms. The maximum absolute atomic E-state index is 14.3. The number of aromatic nitrogens is 1. The SMILES string of the molecule is Cc1ccc(S(=O)(=O)c2cnc3c(F)cccc3c2N2CCOCC2)cc1. The molecule has 0 atom stereocenters. The molecule has 0 aliphatic carbocycles. The third kappa shape index (κ3) is 3.17. The van der Waals surface area contributed by atoms with Crippen LogP contribution in [0.4, 0.5) is 10.1 Å². The molecule has 1 aromatic heterocycles. The predicted octanol–water partition coefficient (Wildman–Crippen LogP) is 3.35. The van der Waals surface area contributed by atoms with Crippen molar-refractivity contribution in [2.75, 3.05) is 31.2 Å². The minimum atomic E-state index is -3.81. The lowest BCUT2D eigenvalue weighted by Gasteiger charge is -2.31. The third-order valence-corrected chi connectivity index (χ3v) is 6.50. The fourth-order valence-electron chi connectivity index (χ4n) is 3.31. The molecule has 2 heterocycles. The number of nitrogens with zero attached hydrogens (tertiary/aromatic N) is 2.